The van der Waals surface area contributed by atoms with Crippen LogP contribution in [0.25, 0.3) is 4.96 Å². The fourth-order valence-electron chi connectivity index (χ4n) is 2.65. The molecule has 1 saturated heterocycles. The van der Waals surface area contributed by atoms with E-state index in [4.69, 9.17) is 0 Å². The van der Waals surface area contributed by atoms with Crippen LogP contribution < -0.4 is 14.9 Å². The van der Waals surface area contributed by atoms with Gasteiger partial charge in [0.25, 0.3) is 10.0 Å². The lowest BCUT2D eigenvalue weighted by atomic mass is 10.3. The average molecular weight is 364 g/mol. The maximum Gasteiger partial charge on any atom is 0.280 e. The Kier molecular flexibility index (Phi) is 3.87. The number of thiazole rings is 1. The number of nitrogens with one attached hydrogen (secondary N) is 2. The summed E-state index contributed by atoms with van der Waals surface area (Å²) in [4.78, 5) is 11.2. The molecule has 1 aliphatic rings. The zero-order valence-corrected chi connectivity index (χ0v) is 14.3. The Morgan fingerprint density at radius 1 is 1.17 bits per heavy atom. The van der Waals surface area contributed by atoms with Crippen LogP contribution in [0.5, 0.6) is 0 Å². The van der Waals surface area contributed by atoms with Gasteiger partial charge in [0.2, 0.25) is 0 Å². The highest BCUT2D eigenvalue weighted by atomic mass is 32.2. The lowest BCUT2D eigenvalue weighted by Crippen LogP contribution is -2.43. The van der Waals surface area contributed by atoms with Gasteiger partial charge in [-0.15, -0.1) is 11.3 Å². The van der Waals surface area contributed by atoms with Gasteiger partial charge in [0, 0.05) is 37.8 Å². The van der Waals surface area contributed by atoms with Crippen LogP contribution >= 0.6 is 11.3 Å². The topological polar surface area (TPSA) is 91.6 Å². The van der Waals surface area contributed by atoms with Crippen LogP contribution in [0.2, 0.25) is 0 Å². The molecule has 24 heavy (non-hydrogen) atoms. The number of imidazole rings is 1. The molecule has 1 fully saturated rings. The third kappa shape index (κ3) is 2.83. The third-order valence-corrected chi connectivity index (χ3v) is 5.96. The molecule has 3 aromatic rings. The van der Waals surface area contributed by atoms with Crippen molar-refractivity contribution in [1.82, 2.24) is 19.7 Å². The van der Waals surface area contributed by atoms with Crippen molar-refractivity contribution in [2.45, 2.75) is 5.03 Å². The Balaban J connectivity index is 1.55. The number of hydrogen-bond acceptors (Lipinski definition) is 7. The van der Waals surface area contributed by atoms with E-state index >= 15 is 0 Å². The summed E-state index contributed by atoms with van der Waals surface area (Å²) < 4.78 is 29.1. The molecule has 0 amide bonds. The van der Waals surface area contributed by atoms with E-state index in [2.05, 4.69) is 24.9 Å². The first kappa shape index (κ1) is 15.4. The molecule has 1 aliphatic heterocycles. The minimum atomic E-state index is -3.73. The van der Waals surface area contributed by atoms with Gasteiger partial charge in [-0.1, -0.05) is 0 Å². The summed E-state index contributed by atoms with van der Waals surface area (Å²) in [5.41, 5.74) is 0.990. The van der Waals surface area contributed by atoms with Crippen molar-refractivity contribution >= 4 is 37.8 Å². The van der Waals surface area contributed by atoms with Crippen LogP contribution in [0.1, 0.15) is 0 Å². The molecule has 0 atom stereocenters. The van der Waals surface area contributed by atoms with E-state index in [1.807, 2.05) is 6.07 Å². The first-order chi connectivity index (χ1) is 11.6. The van der Waals surface area contributed by atoms with Gasteiger partial charge in [-0.2, -0.15) is 8.42 Å². The highest BCUT2D eigenvalue weighted by Crippen LogP contribution is 2.20. The van der Waals surface area contributed by atoms with E-state index in [1.165, 1.54) is 17.5 Å². The Labute approximate surface area is 143 Å². The fourth-order valence-corrected chi connectivity index (χ4v) is 4.50. The van der Waals surface area contributed by atoms with Gasteiger partial charge in [0.15, 0.2) is 9.99 Å². The Bertz CT molecular complexity index is 941. The molecule has 0 aliphatic carbocycles. The first-order valence-corrected chi connectivity index (χ1v) is 9.85. The van der Waals surface area contributed by atoms with Crippen LogP contribution in [0.15, 0.2) is 41.1 Å². The maximum absolute atomic E-state index is 12.5. The number of rotatable bonds is 4. The molecule has 0 spiro atoms. The minimum absolute atomic E-state index is 0.103. The largest absolute Gasteiger partial charge is 0.368 e. The van der Waals surface area contributed by atoms with E-state index in [0.717, 1.165) is 31.9 Å². The molecule has 10 heteroatoms. The molecule has 0 saturated carbocycles. The zero-order valence-electron chi connectivity index (χ0n) is 12.7. The van der Waals surface area contributed by atoms with Gasteiger partial charge in [-0.05, 0) is 12.1 Å². The lowest BCUT2D eigenvalue weighted by Gasteiger charge is -2.29. The summed E-state index contributed by atoms with van der Waals surface area (Å²) in [5.74, 6) is 0.291. The van der Waals surface area contributed by atoms with Crippen molar-refractivity contribution in [2.75, 3.05) is 35.8 Å². The van der Waals surface area contributed by atoms with Crippen molar-refractivity contribution < 1.29 is 8.42 Å². The van der Waals surface area contributed by atoms with E-state index < -0.39 is 10.0 Å². The minimum Gasteiger partial charge on any atom is -0.368 e. The van der Waals surface area contributed by atoms with Crippen molar-refractivity contribution in [3.63, 3.8) is 0 Å². The molecular formula is C14H16N6O2S2. The second-order valence-corrected chi connectivity index (χ2v) is 7.90. The maximum atomic E-state index is 12.5. The number of piperazine rings is 1. The Hall–Kier alpha value is -2.17. The molecule has 0 unspecified atom stereocenters. The molecule has 0 radical (unpaired) electrons. The highest BCUT2D eigenvalue weighted by Gasteiger charge is 2.20. The zero-order chi connectivity index (χ0) is 16.6. The molecule has 3 aromatic heterocycles. The van der Waals surface area contributed by atoms with E-state index in [0.29, 0.717) is 10.8 Å². The van der Waals surface area contributed by atoms with Crippen molar-refractivity contribution in [2.24, 2.45) is 0 Å². The number of fused-ring (bicyclic) bond motifs is 1. The average Bonchev–Trinajstić information content (AvgIpc) is 3.19. The number of pyridine rings is 1. The van der Waals surface area contributed by atoms with Gasteiger partial charge in [-0.25, -0.2) is 9.97 Å². The second-order valence-electron chi connectivity index (χ2n) is 5.40. The summed E-state index contributed by atoms with van der Waals surface area (Å²) in [6, 6.07) is 3.56. The third-order valence-electron chi connectivity index (χ3n) is 3.86. The summed E-state index contributed by atoms with van der Waals surface area (Å²) in [6.07, 6.45) is 4.73. The molecule has 126 valence electrons. The van der Waals surface area contributed by atoms with Crippen molar-refractivity contribution in [3.8, 4) is 0 Å². The summed E-state index contributed by atoms with van der Waals surface area (Å²) in [6.45, 7) is 3.70. The van der Waals surface area contributed by atoms with Crippen LogP contribution in [0.4, 0.5) is 11.5 Å². The smallest absolute Gasteiger partial charge is 0.280 e. The predicted octanol–water partition coefficient (Wildman–Crippen LogP) is 1.00. The molecule has 0 bridgehead atoms. The second kappa shape index (κ2) is 6.04. The number of aromatic nitrogens is 3. The van der Waals surface area contributed by atoms with Crippen LogP contribution in [0, 0.1) is 0 Å². The van der Waals surface area contributed by atoms with E-state index in [9.17, 15) is 8.42 Å². The van der Waals surface area contributed by atoms with Crippen LogP contribution in [0.3, 0.4) is 0 Å². The molecule has 0 aromatic carbocycles. The normalized spacial score (nSPS) is 15.8. The van der Waals surface area contributed by atoms with Gasteiger partial charge in [0.05, 0.1) is 18.1 Å². The summed E-state index contributed by atoms with van der Waals surface area (Å²) >= 11 is 1.38. The molecule has 4 rings (SSSR count). The Morgan fingerprint density at radius 2 is 2.00 bits per heavy atom. The molecule has 8 nitrogen and oxygen atoms in total. The number of sulfonamides is 1. The fraction of sp³-hybridized carbons (Fsp3) is 0.286. The number of hydrogen-bond donors (Lipinski definition) is 2. The van der Waals surface area contributed by atoms with Gasteiger partial charge < -0.3 is 10.2 Å². The van der Waals surface area contributed by atoms with Gasteiger partial charge in [-0.3, -0.25) is 9.12 Å². The van der Waals surface area contributed by atoms with Crippen LogP contribution in [-0.2, 0) is 10.0 Å². The van der Waals surface area contributed by atoms with E-state index in [1.54, 1.807) is 28.2 Å². The van der Waals surface area contributed by atoms with Crippen LogP contribution in [-0.4, -0.2) is 49.0 Å². The van der Waals surface area contributed by atoms with Gasteiger partial charge >= 0.3 is 0 Å². The quantitative estimate of drug-likeness (QED) is 0.718. The number of nitrogens with zero attached hydrogens (tertiary/aromatic N) is 4. The lowest BCUT2D eigenvalue weighted by molar-refractivity contribution is 0.588. The van der Waals surface area contributed by atoms with E-state index in [-0.39, 0.29) is 5.03 Å². The monoisotopic (exact) mass is 364 g/mol. The highest BCUT2D eigenvalue weighted by molar-refractivity contribution is 7.92. The van der Waals surface area contributed by atoms with Crippen molar-refractivity contribution in [3.05, 3.63) is 36.1 Å². The molecule has 2 N–H and O–H groups in total. The van der Waals surface area contributed by atoms with Crippen molar-refractivity contribution in [1.29, 1.82) is 0 Å². The predicted molar refractivity (Wildman–Crippen MR) is 93.2 cm³/mol. The SMILES string of the molecule is O=S(=O)(Nc1ccc(N2CCNCC2)cn1)c1cnc2sccn12. The summed E-state index contributed by atoms with van der Waals surface area (Å²) in [7, 11) is -3.73. The van der Waals surface area contributed by atoms with Gasteiger partial charge in [0.1, 0.15) is 5.82 Å². The number of anilines is 2. The molecular weight excluding hydrogens is 348 g/mol. The standard InChI is InChI=1S/C14H16N6O2S2/c21-24(22,13-10-17-14-20(13)7-8-23-14)18-12-2-1-11(9-16-12)19-5-3-15-4-6-19/h1-2,7-10,15H,3-6H2,(H,16,18). The Morgan fingerprint density at radius 3 is 2.75 bits per heavy atom. The summed E-state index contributed by atoms with van der Waals surface area (Å²) in [5, 5.41) is 5.19. The molecule has 4 heterocycles. The first-order valence-electron chi connectivity index (χ1n) is 7.48.